The number of hydrogen-bond acceptors (Lipinski definition) is 4. The van der Waals surface area contributed by atoms with Crippen molar-refractivity contribution >= 4 is 0 Å². The van der Waals surface area contributed by atoms with Gasteiger partial charge in [0.25, 0.3) is 0 Å². The first kappa shape index (κ1) is 15.2. The van der Waals surface area contributed by atoms with Crippen molar-refractivity contribution < 1.29 is 14.6 Å². The van der Waals surface area contributed by atoms with Crippen molar-refractivity contribution in [3.8, 4) is 40.3 Å². The molecule has 25 heavy (non-hydrogen) atoms. The minimum atomic E-state index is 0.226. The fraction of sp³-hybridized carbons (Fsp3) is 0.150. The van der Waals surface area contributed by atoms with Crippen LogP contribution in [0.4, 0.5) is 0 Å². The molecule has 124 valence electrons. The summed E-state index contributed by atoms with van der Waals surface area (Å²) < 4.78 is 10.8. The topological polar surface area (TPSA) is 67.4 Å². The molecule has 0 amide bonds. The van der Waals surface area contributed by atoms with Crippen LogP contribution in [-0.4, -0.2) is 29.5 Å². The minimum Gasteiger partial charge on any atom is -0.508 e. The number of hydrogen-bond donors (Lipinski definition) is 2. The van der Waals surface area contributed by atoms with Gasteiger partial charge in [0.05, 0.1) is 19.9 Å². The Morgan fingerprint density at radius 2 is 1.76 bits per heavy atom. The largest absolute Gasteiger partial charge is 0.508 e. The summed E-state index contributed by atoms with van der Waals surface area (Å²) in [5.74, 6) is 7.84. The molecule has 1 aliphatic carbocycles. The zero-order valence-corrected chi connectivity index (χ0v) is 13.9. The van der Waals surface area contributed by atoms with Gasteiger partial charge in [-0.2, -0.15) is 5.10 Å². The van der Waals surface area contributed by atoms with E-state index in [9.17, 15) is 5.11 Å². The number of phenolic OH excluding ortho intramolecular Hbond substituents is 1. The van der Waals surface area contributed by atoms with Gasteiger partial charge < -0.3 is 14.6 Å². The van der Waals surface area contributed by atoms with Crippen molar-refractivity contribution in [3.63, 3.8) is 0 Å². The Kier molecular flexibility index (Phi) is 3.58. The Morgan fingerprint density at radius 1 is 1.04 bits per heavy atom. The number of nitrogens with zero attached hydrogens (tertiary/aromatic N) is 1. The molecule has 2 aromatic carbocycles. The normalized spacial score (nSPS) is 11.3. The summed E-state index contributed by atoms with van der Waals surface area (Å²) in [6, 6.07) is 10.8. The van der Waals surface area contributed by atoms with Gasteiger partial charge in [0.15, 0.2) is 11.5 Å². The summed E-state index contributed by atoms with van der Waals surface area (Å²) in [5.41, 5.74) is 5.85. The lowest BCUT2D eigenvalue weighted by atomic mass is 10.1. The molecule has 3 aromatic rings. The SMILES string of the molecule is COc1cc2c(cc1OC)-c1[nH]nc(C#Cc3ccc(O)cc3)c1C2. The molecule has 0 unspecified atom stereocenters. The van der Waals surface area contributed by atoms with E-state index >= 15 is 0 Å². The predicted octanol–water partition coefficient (Wildman–Crippen LogP) is 3.10. The molecular formula is C20H16N2O3. The second kappa shape index (κ2) is 5.91. The fourth-order valence-electron chi connectivity index (χ4n) is 3.03. The maximum atomic E-state index is 9.34. The maximum absolute atomic E-state index is 9.34. The molecule has 2 N–H and O–H groups in total. The van der Waals surface area contributed by atoms with Gasteiger partial charge in [-0.25, -0.2) is 0 Å². The van der Waals surface area contributed by atoms with E-state index in [1.165, 1.54) is 0 Å². The van der Waals surface area contributed by atoms with E-state index in [4.69, 9.17) is 9.47 Å². The van der Waals surface area contributed by atoms with Crippen LogP contribution in [0.2, 0.25) is 0 Å². The summed E-state index contributed by atoms with van der Waals surface area (Å²) in [5, 5.41) is 16.8. The number of aromatic hydroxyl groups is 1. The van der Waals surface area contributed by atoms with Gasteiger partial charge in [-0.3, -0.25) is 5.10 Å². The first-order valence-corrected chi connectivity index (χ1v) is 7.83. The molecule has 1 aliphatic rings. The average molecular weight is 332 g/mol. The molecule has 1 aromatic heterocycles. The zero-order valence-electron chi connectivity index (χ0n) is 13.9. The van der Waals surface area contributed by atoms with E-state index in [1.807, 2.05) is 12.1 Å². The number of aromatic nitrogens is 2. The third kappa shape index (κ3) is 2.58. The summed E-state index contributed by atoms with van der Waals surface area (Å²) in [7, 11) is 3.26. The third-order valence-electron chi connectivity index (χ3n) is 4.31. The van der Waals surface area contributed by atoms with Gasteiger partial charge in [-0.1, -0.05) is 5.92 Å². The number of nitrogens with one attached hydrogen (secondary N) is 1. The van der Waals surface area contributed by atoms with Crippen LogP contribution in [0.1, 0.15) is 22.4 Å². The number of ether oxygens (including phenoxy) is 2. The van der Waals surface area contributed by atoms with Crippen LogP contribution in [0.3, 0.4) is 0 Å². The monoisotopic (exact) mass is 332 g/mol. The molecule has 4 rings (SSSR count). The first-order valence-electron chi connectivity index (χ1n) is 7.83. The lowest BCUT2D eigenvalue weighted by molar-refractivity contribution is 0.355. The second-order valence-electron chi connectivity index (χ2n) is 5.76. The van der Waals surface area contributed by atoms with E-state index < -0.39 is 0 Å². The van der Waals surface area contributed by atoms with Gasteiger partial charge in [0.1, 0.15) is 11.4 Å². The summed E-state index contributed by atoms with van der Waals surface area (Å²) in [4.78, 5) is 0. The Balaban J connectivity index is 1.71. The number of rotatable bonds is 2. The Hall–Kier alpha value is -3.39. The van der Waals surface area contributed by atoms with Crippen LogP contribution >= 0.6 is 0 Å². The number of phenols is 1. The molecule has 0 bridgehead atoms. The Bertz CT molecular complexity index is 1010. The lowest BCUT2D eigenvalue weighted by Crippen LogP contribution is -1.93. The zero-order chi connectivity index (χ0) is 17.4. The van der Waals surface area contributed by atoms with Crippen LogP contribution in [0.15, 0.2) is 36.4 Å². The molecular weight excluding hydrogens is 316 g/mol. The average Bonchev–Trinajstić information content (AvgIpc) is 3.19. The van der Waals surface area contributed by atoms with E-state index in [2.05, 4.69) is 22.0 Å². The van der Waals surface area contributed by atoms with Crippen molar-refractivity contribution in [2.75, 3.05) is 14.2 Å². The number of H-pyrrole nitrogens is 1. The van der Waals surface area contributed by atoms with Crippen LogP contribution in [0.5, 0.6) is 17.2 Å². The number of aromatic amines is 1. The van der Waals surface area contributed by atoms with Crippen molar-refractivity contribution in [3.05, 3.63) is 58.8 Å². The molecule has 0 atom stereocenters. The Labute approximate surface area is 145 Å². The highest BCUT2D eigenvalue weighted by molar-refractivity contribution is 5.78. The van der Waals surface area contributed by atoms with Gasteiger partial charge in [0.2, 0.25) is 0 Å². The van der Waals surface area contributed by atoms with Crippen molar-refractivity contribution in [2.24, 2.45) is 0 Å². The van der Waals surface area contributed by atoms with E-state index in [0.717, 1.165) is 45.8 Å². The highest BCUT2D eigenvalue weighted by atomic mass is 16.5. The third-order valence-corrected chi connectivity index (χ3v) is 4.31. The molecule has 0 spiro atoms. The summed E-state index contributed by atoms with van der Waals surface area (Å²) >= 11 is 0. The standard InChI is InChI=1S/C20H16N2O3/c1-24-18-10-13-9-16-17(8-5-12-3-6-14(23)7-4-12)21-22-20(16)15(13)11-19(18)25-2/h3-4,6-7,10-11,23H,9H2,1-2H3,(H,21,22). The van der Waals surface area contributed by atoms with Gasteiger partial charge in [0, 0.05) is 23.1 Å². The molecule has 5 heteroatoms. The molecule has 0 radical (unpaired) electrons. The van der Waals surface area contributed by atoms with Crippen molar-refractivity contribution in [2.45, 2.75) is 6.42 Å². The quantitative estimate of drug-likeness (QED) is 0.554. The summed E-state index contributed by atoms with van der Waals surface area (Å²) in [6.45, 7) is 0. The molecule has 0 fully saturated rings. The maximum Gasteiger partial charge on any atom is 0.161 e. The highest BCUT2D eigenvalue weighted by Crippen LogP contribution is 2.42. The van der Waals surface area contributed by atoms with Crippen LogP contribution < -0.4 is 9.47 Å². The van der Waals surface area contributed by atoms with Gasteiger partial charge in [-0.15, -0.1) is 0 Å². The predicted molar refractivity (Wildman–Crippen MR) is 94.0 cm³/mol. The van der Waals surface area contributed by atoms with Crippen LogP contribution in [0.25, 0.3) is 11.3 Å². The minimum absolute atomic E-state index is 0.226. The lowest BCUT2D eigenvalue weighted by Gasteiger charge is -2.10. The second-order valence-corrected chi connectivity index (χ2v) is 5.76. The Morgan fingerprint density at radius 3 is 2.48 bits per heavy atom. The first-order chi connectivity index (χ1) is 12.2. The number of methoxy groups -OCH3 is 2. The smallest absolute Gasteiger partial charge is 0.161 e. The molecule has 5 nitrogen and oxygen atoms in total. The molecule has 0 saturated heterocycles. The van der Waals surface area contributed by atoms with Gasteiger partial charge >= 0.3 is 0 Å². The summed E-state index contributed by atoms with van der Waals surface area (Å²) in [6.07, 6.45) is 0.751. The van der Waals surface area contributed by atoms with Gasteiger partial charge in [-0.05, 0) is 47.9 Å². The van der Waals surface area contributed by atoms with E-state index in [1.54, 1.807) is 38.5 Å². The number of benzene rings is 2. The van der Waals surface area contributed by atoms with Crippen LogP contribution in [-0.2, 0) is 6.42 Å². The number of fused-ring (bicyclic) bond motifs is 3. The molecule has 0 aliphatic heterocycles. The van der Waals surface area contributed by atoms with Crippen molar-refractivity contribution in [1.29, 1.82) is 0 Å². The highest BCUT2D eigenvalue weighted by Gasteiger charge is 2.26. The van der Waals surface area contributed by atoms with E-state index in [0.29, 0.717) is 5.75 Å². The van der Waals surface area contributed by atoms with E-state index in [-0.39, 0.29) is 5.75 Å². The molecule has 0 saturated carbocycles. The fourth-order valence-corrected chi connectivity index (χ4v) is 3.03. The van der Waals surface area contributed by atoms with Crippen LogP contribution in [0, 0.1) is 11.8 Å². The van der Waals surface area contributed by atoms with Crippen molar-refractivity contribution in [1.82, 2.24) is 10.2 Å². The molecule has 1 heterocycles.